The monoisotopic (exact) mass is 279 g/mol. The molecule has 0 atom stereocenters. The molecule has 0 fully saturated rings. The molecule has 16 heavy (non-hydrogen) atoms. The van der Waals surface area contributed by atoms with E-state index in [1.165, 1.54) is 0 Å². The summed E-state index contributed by atoms with van der Waals surface area (Å²) in [5, 5.41) is 9.13. The van der Waals surface area contributed by atoms with Crippen LogP contribution in [-0.2, 0) is 6.61 Å². The van der Waals surface area contributed by atoms with Crippen molar-refractivity contribution in [2.24, 2.45) is 0 Å². The molecule has 0 amide bonds. The standard InChI is InChI=1S/C12H10BrNO2/c13-10-3-1-2-4-12(10)16-11-5-6-14-7-9(11)8-15/h1-7,15H,8H2. The molecule has 0 radical (unpaired) electrons. The SMILES string of the molecule is OCc1cnccc1Oc1ccccc1Br. The number of pyridine rings is 1. The van der Waals surface area contributed by atoms with E-state index in [1.807, 2.05) is 24.3 Å². The minimum atomic E-state index is -0.0897. The Morgan fingerprint density at radius 2 is 2.00 bits per heavy atom. The van der Waals surface area contributed by atoms with Crippen LogP contribution in [0.1, 0.15) is 5.56 Å². The van der Waals surface area contributed by atoms with Gasteiger partial charge in [-0.05, 0) is 34.1 Å². The fraction of sp³-hybridized carbons (Fsp3) is 0.0833. The van der Waals surface area contributed by atoms with Crippen molar-refractivity contribution >= 4 is 15.9 Å². The van der Waals surface area contributed by atoms with E-state index in [0.717, 1.165) is 4.47 Å². The van der Waals surface area contributed by atoms with Crippen LogP contribution >= 0.6 is 15.9 Å². The lowest BCUT2D eigenvalue weighted by molar-refractivity contribution is 0.276. The fourth-order valence-electron chi connectivity index (χ4n) is 1.28. The van der Waals surface area contributed by atoms with E-state index in [-0.39, 0.29) is 6.61 Å². The van der Waals surface area contributed by atoms with Crippen LogP contribution in [0.3, 0.4) is 0 Å². The zero-order valence-electron chi connectivity index (χ0n) is 8.43. The number of hydrogen-bond acceptors (Lipinski definition) is 3. The van der Waals surface area contributed by atoms with Crippen molar-refractivity contribution in [3.05, 3.63) is 52.8 Å². The van der Waals surface area contributed by atoms with Crippen molar-refractivity contribution in [1.82, 2.24) is 4.98 Å². The van der Waals surface area contributed by atoms with E-state index in [9.17, 15) is 0 Å². The first kappa shape index (κ1) is 11.1. The smallest absolute Gasteiger partial charge is 0.141 e. The van der Waals surface area contributed by atoms with Crippen LogP contribution in [0.25, 0.3) is 0 Å². The number of ether oxygens (including phenoxy) is 1. The molecular weight excluding hydrogens is 270 g/mol. The summed E-state index contributed by atoms with van der Waals surface area (Å²) in [6.07, 6.45) is 3.22. The van der Waals surface area contributed by atoms with Gasteiger partial charge in [0.15, 0.2) is 0 Å². The Morgan fingerprint density at radius 3 is 2.75 bits per heavy atom. The highest BCUT2D eigenvalue weighted by atomic mass is 79.9. The zero-order chi connectivity index (χ0) is 11.4. The third-order valence-corrected chi connectivity index (χ3v) is 2.74. The van der Waals surface area contributed by atoms with Crippen LogP contribution in [0.5, 0.6) is 11.5 Å². The average Bonchev–Trinajstić information content (AvgIpc) is 2.33. The van der Waals surface area contributed by atoms with E-state index in [4.69, 9.17) is 9.84 Å². The van der Waals surface area contributed by atoms with E-state index in [2.05, 4.69) is 20.9 Å². The Hall–Kier alpha value is -1.39. The van der Waals surface area contributed by atoms with Crippen LogP contribution in [0.2, 0.25) is 0 Å². The minimum absolute atomic E-state index is 0.0897. The molecule has 2 rings (SSSR count). The molecule has 1 N–H and O–H groups in total. The number of aromatic nitrogens is 1. The van der Waals surface area contributed by atoms with Crippen LogP contribution in [0.4, 0.5) is 0 Å². The summed E-state index contributed by atoms with van der Waals surface area (Å²) in [7, 11) is 0. The first-order valence-electron chi connectivity index (χ1n) is 4.77. The zero-order valence-corrected chi connectivity index (χ0v) is 10.0. The molecule has 0 spiro atoms. The lowest BCUT2D eigenvalue weighted by Crippen LogP contribution is -1.92. The molecule has 0 saturated heterocycles. The Labute approximate surface area is 102 Å². The maximum atomic E-state index is 9.13. The first-order chi connectivity index (χ1) is 7.81. The number of nitrogens with zero attached hydrogens (tertiary/aromatic N) is 1. The van der Waals surface area contributed by atoms with Crippen LogP contribution < -0.4 is 4.74 Å². The number of aliphatic hydroxyl groups is 1. The molecule has 0 aliphatic carbocycles. The van der Waals surface area contributed by atoms with E-state index < -0.39 is 0 Å². The number of aliphatic hydroxyl groups excluding tert-OH is 1. The number of rotatable bonds is 3. The molecule has 0 bridgehead atoms. The largest absolute Gasteiger partial charge is 0.456 e. The van der Waals surface area contributed by atoms with E-state index in [1.54, 1.807) is 18.5 Å². The van der Waals surface area contributed by atoms with Gasteiger partial charge >= 0.3 is 0 Å². The summed E-state index contributed by atoms with van der Waals surface area (Å²) in [4.78, 5) is 3.93. The molecule has 0 unspecified atom stereocenters. The van der Waals surface area contributed by atoms with Crippen LogP contribution in [-0.4, -0.2) is 10.1 Å². The quantitative estimate of drug-likeness (QED) is 0.939. The second-order valence-corrected chi connectivity index (χ2v) is 4.03. The lowest BCUT2D eigenvalue weighted by Gasteiger charge is -2.10. The third-order valence-electron chi connectivity index (χ3n) is 2.09. The third kappa shape index (κ3) is 2.40. The summed E-state index contributed by atoms with van der Waals surface area (Å²) in [5.74, 6) is 1.33. The van der Waals surface area contributed by atoms with Gasteiger partial charge in [-0.25, -0.2) is 0 Å². The highest BCUT2D eigenvalue weighted by Gasteiger charge is 2.05. The predicted molar refractivity (Wildman–Crippen MR) is 64.4 cm³/mol. The Morgan fingerprint density at radius 1 is 1.19 bits per heavy atom. The molecule has 1 aromatic heterocycles. The maximum Gasteiger partial charge on any atom is 0.141 e. The van der Waals surface area contributed by atoms with Crippen molar-refractivity contribution in [2.45, 2.75) is 6.61 Å². The molecule has 3 nitrogen and oxygen atoms in total. The Balaban J connectivity index is 2.30. The number of para-hydroxylation sites is 1. The maximum absolute atomic E-state index is 9.13. The van der Waals surface area contributed by atoms with E-state index in [0.29, 0.717) is 17.1 Å². The summed E-state index contributed by atoms with van der Waals surface area (Å²) in [6, 6.07) is 9.28. The normalized spacial score (nSPS) is 10.1. The van der Waals surface area contributed by atoms with Gasteiger partial charge in [0.2, 0.25) is 0 Å². The van der Waals surface area contributed by atoms with Gasteiger partial charge < -0.3 is 9.84 Å². The topological polar surface area (TPSA) is 42.4 Å². The van der Waals surface area contributed by atoms with Crippen LogP contribution in [0, 0.1) is 0 Å². The highest BCUT2D eigenvalue weighted by molar-refractivity contribution is 9.10. The lowest BCUT2D eigenvalue weighted by atomic mass is 10.2. The van der Waals surface area contributed by atoms with Crippen molar-refractivity contribution < 1.29 is 9.84 Å². The summed E-state index contributed by atoms with van der Waals surface area (Å²) in [6.45, 7) is -0.0897. The average molecular weight is 280 g/mol. The first-order valence-corrected chi connectivity index (χ1v) is 5.56. The molecule has 2 aromatic rings. The Kier molecular flexibility index (Phi) is 3.54. The highest BCUT2D eigenvalue weighted by Crippen LogP contribution is 2.30. The van der Waals surface area contributed by atoms with Gasteiger partial charge in [-0.2, -0.15) is 0 Å². The van der Waals surface area contributed by atoms with Gasteiger partial charge in [0, 0.05) is 18.0 Å². The van der Waals surface area contributed by atoms with E-state index >= 15 is 0 Å². The molecule has 1 heterocycles. The molecule has 4 heteroatoms. The van der Waals surface area contributed by atoms with Gasteiger partial charge in [0.25, 0.3) is 0 Å². The second kappa shape index (κ2) is 5.09. The van der Waals surface area contributed by atoms with Gasteiger partial charge in [-0.3, -0.25) is 4.98 Å². The molecule has 0 saturated carbocycles. The number of halogens is 1. The van der Waals surface area contributed by atoms with Crippen molar-refractivity contribution in [1.29, 1.82) is 0 Å². The Bertz CT molecular complexity index is 488. The molecular formula is C12H10BrNO2. The molecule has 0 aliphatic heterocycles. The van der Waals surface area contributed by atoms with Crippen molar-refractivity contribution in [2.75, 3.05) is 0 Å². The fourth-order valence-corrected chi connectivity index (χ4v) is 1.64. The molecule has 82 valence electrons. The second-order valence-electron chi connectivity index (χ2n) is 3.17. The van der Waals surface area contributed by atoms with Gasteiger partial charge in [-0.15, -0.1) is 0 Å². The summed E-state index contributed by atoms with van der Waals surface area (Å²) >= 11 is 3.40. The minimum Gasteiger partial charge on any atom is -0.456 e. The van der Waals surface area contributed by atoms with Gasteiger partial charge in [0.1, 0.15) is 11.5 Å². The number of benzene rings is 1. The van der Waals surface area contributed by atoms with Gasteiger partial charge in [-0.1, -0.05) is 12.1 Å². The number of hydrogen-bond donors (Lipinski definition) is 1. The predicted octanol–water partition coefficient (Wildman–Crippen LogP) is 3.13. The van der Waals surface area contributed by atoms with Crippen molar-refractivity contribution in [3.8, 4) is 11.5 Å². The van der Waals surface area contributed by atoms with Crippen molar-refractivity contribution in [3.63, 3.8) is 0 Å². The molecule has 0 aliphatic rings. The molecule has 1 aromatic carbocycles. The summed E-state index contributed by atoms with van der Waals surface area (Å²) in [5.41, 5.74) is 0.665. The summed E-state index contributed by atoms with van der Waals surface area (Å²) < 4.78 is 6.56. The van der Waals surface area contributed by atoms with Crippen LogP contribution in [0.15, 0.2) is 47.2 Å². The van der Waals surface area contributed by atoms with Gasteiger partial charge in [0.05, 0.1) is 11.1 Å².